The first-order valence-corrected chi connectivity index (χ1v) is 6.41. The van der Waals surface area contributed by atoms with Crippen LogP contribution in [0.4, 0.5) is 0 Å². The lowest BCUT2D eigenvalue weighted by Gasteiger charge is -2.16. The summed E-state index contributed by atoms with van der Waals surface area (Å²) in [5.74, 6) is -1.98. The molecule has 2 atom stereocenters. The van der Waals surface area contributed by atoms with E-state index in [9.17, 15) is 20.1 Å². The SMILES string of the molecule is NCC(O)c1ccc(O)c(O)c1SC[C@H](N)C(=O)O. The van der Waals surface area contributed by atoms with Gasteiger partial charge in [0.25, 0.3) is 0 Å². The Kier molecular flexibility index (Phi) is 5.43. The standard InChI is InChI=1S/C11H16N2O5S/c12-3-8(15)5-1-2-7(14)9(16)10(5)19-4-6(13)11(17)18/h1-2,6,8,14-16H,3-4,12-13H2,(H,17,18)/t6-,8?/m0/s1. The molecule has 0 radical (unpaired) electrons. The summed E-state index contributed by atoms with van der Waals surface area (Å²) < 4.78 is 0. The van der Waals surface area contributed by atoms with Gasteiger partial charge in [-0.05, 0) is 11.6 Å². The van der Waals surface area contributed by atoms with Gasteiger partial charge in [-0.15, -0.1) is 11.8 Å². The van der Waals surface area contributed by atoms with Crippen LogP contribution in [0, 0.1) is 0 Å². The van der Waals surface area contributed by atoms with Crippen LogP contribution in [-0.4, -0.2) is 44.7 Å². The van der Waals surface area contributed by atoms with Gasteiger partial charge >= 0.3 is 5.97 Å². The quantitative estimate of drug-likeness (QED) is 0.305. The van der Waals surface area contributed by atoms with Crippen molar-refractivity contribution in [1.29, 1.82) is 0 Å². The summed E-state index contributed by atoms with van der Waals surface area (Å²) in [4.78, 5) is 10.8. The number of phenols is 2. The highest BCUT2D eigenvalue weighted by Gasteiger charge is 2.20. The van der Waals surface area contributed by atoms with Gasteiger partial charge < -0.3 is 31.9 Å². The molecule has 7 nitrogen and oxygen atoms in total. The number of benzene rings is 1. The highest BCUT2D eigenvalue weighted by Crippen LogP contribution is 2.40. The molecule has 0 amide bonds. The van der Waals surface area contributed by atoms with Crippen LogP contribution in [-0.2, 0) is 4.79 Å². The van der Waals surface area contributed by atoms with Crippen LogP contribution in [0.15, 0.2) is 17.0 Å². The molecule has 0 heterocycles. The Morgan fingerprint density at radius 1 is 1.37 bits per heavy atom. The zero-order valence-electron chi connectivity index (χ0n) is 9.98. The minimum absolute atomic E-state index is 0.0172. The molecule has 1 rings (SSSR count). The third-order valence-corrected chi connectivity index (χ3v) is 3.69. The zero-order valence-corrected chi connectivity index (χ0v) is 10.8. The van der Waals surface area contributed by atoms with E-state index in [1.807, 2.05) is 0 Å². The number of hydrogen-bond acceptors (Lipinski definition) is 7. The van der Waals surface area contributed by atoms with Gasteiger partial charge in [0.15, 0.2) is 11.5 Å². The number of carboxylic acids is 1. The summed E-state index contributed by atoms with van der Waals surface area (Å²) in [5.41, 5.74) is 11.0. The van der Waals surface area contributed by atoms with Gasteiger partial charge in [0, 0.05) is 12.3 Å². The summed E-state index contributed by atoms with van der Waals surface area (Å²) in [7, 11) is 0. The van der Waals surface area contributed by atoms with Gasteiger partial charge in [-0.25, -0.2) is 0 Å². The van der Waals surface area contributed by atoms with E-state index in [0.29, 0.717) is 5.56 Å². The third-order valence-electron chi connectivity index (χ3n) is 2.45. The van der Waals surface area contributed by atoms with Crippen LogP contribution >= 0.6 is 11.8 Å². The number of aliphatic hydroxyl groups excluding tert-OH is 1. The van der Waals surface area contributed by atoms with Crippen molar-refractivity contribution in [2.75, 3.05) is 12.3 Å². The maximum Gasteiger partial charge on any atom is 0.321 e. The number of rotatable bonds is 6. The number of hydrogen-bond donors (Lipinski definition) is 6. The van der Waals surface area contributed by atoms with Crippen molar-refractivity contribution in [2.45, 2.75) is 17.0 Å². The van der Waals surface area contributed by atoms with Gasteiger partial charge in [0.2, 0.25) is 0 Å². The summed E-state index contributed by atoms with van der Waals surface area (Å²) >= 11 is 0.937. The second-order valence-corrected chi connectivity index (χ2v) is 4.89. The lowest BCUT2D eigenvalue weighted by molar-refractivity contribution is -0.137. The fourth-order valence-electron chi connectivity index (χ4n) is 1.36. The zero-order chi connectivity index (χ0) is 14.6. The first-order valence-electron chi connectivity index (χ1n) is 5.42. The van der Waals surface area contributed by atoms with Crippen molar-refractivity contribution >= 4 is 17.7 Å². The first-order chi connectivity index (χ1) is 8.88. The van der Waals surface area contributed by atoms with Crippen LogP contribution in [0.1, 0.15) is 11.7 Å². The number of aromatic hydroxyl groups is 2. The minimum Gasteiger partial charge on any atom is -0.504 e. The van der Waals surface area contributed by atoms with Crippen molar-refractivity contribution in [3.63, 3.8) is 0 Å². The van der Waals surface area contributed by atoms with E-state index in [2.05, 4.69) is 0 Å². The largest absolute Gasteiger partial charge is 0.504 e. The molecule has 1 aromatic rings. The molecule has 1 unspecified atom stereocenters. The van der Waals surface area contributed by atoms with Gasteiger partial charge in [0.05, 0.1) is 11.0 Å². The minimum atomic E-state index is -1.17. The Balaban J connectivity index is 3.02. The number of aliphatic hydroxyl groups is 1. The van der Waals surface area contributed by atoms with Crippen molar-refractivity contribution in [3.8, 4) is 11.5 Å². The molecule has 0 fully saturated rings. The van der Waals surface area contributed by atoms with Gasteiger partial charge in [0.1, 0.15) is 6.04 Å². The highest BCUT2D eigenvalue weighted by atomic mass is 32.2. The molecule has 0 bridgehead atoms. The lowest BCUT2D eigenvalue weighted by Crippen LogP contribution is -2.32. The summed E-state index contributed by atoms with van der Waals surface area (Å²) in [5, 5.41) is 37.6. The number of carbonyl (C=O) groups is 1. The predicted molar refractivity (Wildman–Crippen MR) is 70.1 cm³/mol. The summed E-state index contributed by atoms with van der Waals surface area (Å²) in [6.07, 6.45) is -1.02. The van der Waals surface area contributed by atoms with E-state index >= 15 is 0 Å². The Labute approximate surface area is 113 Å². The molecule has 8 N–H and O–H groups in total. The number of aliphatic carboxylic acids is 1. The molecule has 0 aliphatic rings. The van der Waals surface area contributed by atoms with E-state index in [-0.39, 0.29) is 22.9 Å². The molecule has 0 saturated carbocycles. The smallest absolute Gasteiger partial charge is 0.321 e. The molecule has 1 aromatic carbocycles. The second kappa shape index (κ2) is 6.62. The maximum absolute atomic E-state index is 10.6. The Hall–Kier alpha value is -1.48. The predicted octanol–water partition coefficient (Wildman–Crippen LogP) is -0.406. The van der Waals surface area contributed by atoms with Crippen molar-refractivity contribution < 1.29 is 25.2 Å². The van der Waals surface area contributed by atoms with Gasteiger partial charge in [-0.2, -0.15) is 0 Å². The second-order valence-electron chi connectivity index (χ2n) is 3.86. The fourth-order valence-corrected chi connectivity index (χ4v) is 2.46. The van der Waals surface area contributed by atoms with E-state index in [1.165, 1.54) is 12.1 Å². The van der Waals surface area contributed by atoms with Gasteiger partial charge in [-0.1, -0.05) is 6.07 Å². The number of carboxylic acid groups (broad SMARTS) is 1. The normalized spacial score (nSPS) is 14.1. The van der Waals surface area contributed by atoms with Crippen molar-refractivity contribution in [1.82, 2.24) is 0 Å². The number of phenolic OH excluding ortho intramolecular Hbond substituents is 2. The lowest BCUT2D eigenvalue weighted by atomic mass is 10.1. The Bertz CT molecular complexity index is 469. The average molecular weight is 288 g/mol. The molecular weight excluding hydrogens is 272 g/mol. The Morgan fingerprint density at radius 3 is 2.53 bits per heavy atom. The molecule has 0 aliphatic carbocycles. The topological polar surface area (TPSA) is 150 Å². The number of nitrogens with two attached hydrogens (primary N) is 2. The molecular formula is C11H16N2O5S. The summed E-state index contributed by atoms with van der Waals surface area (Å²) in [6, 6.07) is 1.53. The molecule has 0 spiro atoms. The molecule has 0 aromatic heterocycles. The maximum atomic E-state index is 10.6. The molecule has 106 valence electrons. The van der Waals surface area contributed by atoms with E-state index < -0.39 is 23.9 Å². The monoisotopic (exact) mass is 288 g/mol. The Morgan fingerprint density at radius 2 is 2.00 bits per heavy atom. The molecule has 0 saturated heterocycles. The highest BCUT2D eigenvalue weighted by molar-refractivity contribution is 7.99. The fraction of sp³-hybridized carbons (Fsp3) is 0.364. The van der Waals surface area contributed by atoms with Crippen molar-refractivity contribution in [3.05, 3.63) is 17.7 Å². The van der Waals surface area contributed by atoms with Crippen LogP contribution in [0.3, 0.4) is 0 Å². The van der Waals surface area contributed by atoms with E-state index in [0.717, 1.165) is 11.8 Å². The average Bonchev–Trinajstić information content (AvgIpc) is 2.38. The van der Waals surface area contributed by atoms with E-state index in [4.69, 9.17) is 16.6 Å². The van der Waals surface area contributed by atoms with Crippen LogP contribution in [0.2, 0.25) is 0 Å². The van der Waals surface area contributed by atoms with Crippen molar-refractivity contribution in [2.24, 2.45) is 11.5 Å². The molecule has 19 heavy (non-hydrogen) atoms. The van der Waals surface area contributed by atoms with E-state index in [1.54, 1.807) is 0 Å². The summed E-state index contributed by atoms with van der Waals surface area (Å²) in [6.45, 7) is -0.0667. The molecule has 8 heteroatoms. The van der Waals surface area contributed by atoms with Crippen LogP contribution in [0.25, 0.3) is 0 Å². The molecule has 0 aliphatic heterocycles. The van der Waals surface area contributed by atoms with Gasteiger partial charge in [-0.3, -0.25) is 4.79 Å². The number of thioether (sulfide) groups is 1. The van der Waals surface area contributed by atoms with Crippen LogP contribution < -0.4 is 11.5 Å². The first kappa shape index (κ1) is 15.6. The third kappa shape index (κ3) is 3.74. The van der Waals surface area contributed by atoms with Crippen LogP contribution in [0.5, 0.6) is 11.5 Å².